The van der Waals surface area contributed by atoms with Gasteiger partial charge in [0.1, 0.15) is 12.7 Å². The summed E-state index contributed by atoms with van der Waals surface area (Å²) < 4.78 is 1.48. The summed E-state index contributed by atoms with van der Waals surface area (Å²) in [6.45, 7) is 0. The number of nitrogens with zero attached hydrogens (tertiary/aromatic N) is 6. The van der Waals surface area contributed by atoms with Crippen LogP contribution in [0.25, 0.3) is 5.82 Å². The van der Waals surface area contributed by atoms with E-state index in [9.17, 15) is 10.1 Å². The largest absolute Gasteiger partial charge is 0.357 e. The van der Waals surface area contributed by atoms with Crippen LogP contribution in [0.15, 0.2) is 25.0 Å². The van der Waals surface area contributed by atoms with E-state index in [4.69, 9.17) is 0 Å². The lowest BCUT2D eigenvalue weighted by Crippen LogP contribution is -2.15. The summed E-state index contributed by atoms with van der Waals surface area (Å²) in [7, 11) is 3.38. The Morgan fingerprint density at radius 1 is 1.41 bits per heavy atom. The fourth-order valence-corrected chi connectivity index (χ4v) is 1.42. The number of nitro groups is 1. The van der Waals surface area contributed by atoms with E-state index in [2.05, 4.69) is 15.0 Å². The van der Waals surface area contributed by atoms with Gasteiger partial charge in [0.05, 0.1) is 4.92 Å². The van der Waals surface area contributed by atoms with E-state index in [0.717, 1.165) is 0 Å². The maximum Gasteiger partial charge on any atom is 0.354 e. The van der Waals surface area contributed by atoms with Crippen LogP contribution >= 0.6 is 0 Å². The molecule has 2 rings (SSSR count). The van der Waals surface area contributed by atoms with Gasteiger partial charge in [-0.05, 0) is 0 Å². The first kappa shape index (κ1) is 11.0. The molecule has 2 heterocycles. The molecule has 0 aliphatic rings. The van der Waals surface area contributed by atoms with Gasteiger partial charge in [-0.15, -0.1) is 0 Å². The highest BCUT2D eigenvalue weighted by Crippen LogP contribution is 2.28. The van der Waals surface area contributed by atoms with E-state index in [1.807, 2.05) is 0 Å². The van der Waals surface area contributed by atoms with Crippen molar-refractivity contribution in [1.29, 1.82) is 0 Å². The van der Waals surface area contributed by atoms with Gasteiger partial charge in [0.2, 0.25) is 11.6 Å². The summed E-state index contributed by atoms with van der Waals surface area (Å²) in [5, 5.41) is 11.1. The highest BCUT2D eigenvalue weighted by molar-refractivity contribution is 5.64. The fraction of sp³-hybridized carbons (Fsp3) is 0.222. The molecule has 88 valence electrons. The smallest absolute Gasteiger partial charge is 0.354 e. The van der Waals surface area contributed by atoms with Crippen molar-refractivity contribution in [2.24, 2.45) is 0 Å². The van der Waals surface area contributed by atoms with Crippen LogP contribution in [0.1, 0.15) is 0 Å². The van der Waals surface area contributed by atoms with E-state index >= 15 is 0 Å². The molecule has 0 bridgehead atoms. The van der Waals surface area contributed by atoms with Crippen LogP contribution in [0.2, 0.25) is 0 Å². The van der Waals surface area contributed by atoms with Crippen molar-refractivity contribution >= 4 is 11.5 Å². The van der Waals surface area contributed by atoms with E-state index in [1.54, 1.807) is 25.2 Å². The van der Waals surface area contributed by atoms with Crippen molar-refractivity contribution in [3.63, 3.8) is 0 Å². The number of anilines is 1. The monoisotopic (exact) mass is 234 g/mol. The fourth-order valence-electron chi connectivity index (χ4n) is 1.42. The molecule has 2 aromatic heterocycles. The summed E-state index contributed by atoms with van der Waals surface area (Å²) >= 11 is 0. The van der Waals surface area contributed by atoms with Crippen LogP contribution in [0.5, 0.6) is 0 Å². The number of aromatic nitrogens is 4. The zero-order valence-electron chi connectivity index (χ0n) is 9.31. The standard InChI is InChI=1S/C9H10N6O2/c1-13(2)8-7(15(16)17)9(12-5-11-8)14-4-3-10-6-14/h3-6H,1-2H3. The van der Waals surface area contributed by atoms with Gasteiger partial charge < -0.3 is 4.90 Å². The highest BCUT2D eigenvalue weighted by Gasteiger charge is 2.25. The summed E-state index contributed by atoms with van der Waals surface area (Å²) in [6, 6.07) is 0. The zero-order chi connectivity index (χ0) is 12.4. The highest BCUT2D eigenvalue weighted by atomic mass is 16.6. The number of hydrogen-bond acceptors (Lipinski definition) is 6. The molecule has 0 unspecified atom stereocenters. The molecular weight excluding hydrogens is 224 g/mol. The molecule has 0 radical (unpaired) electrons. The van der Waals surface area contributed by atoms with Crippen molar-refractivity contribution in [1.82, 2.24) is 19.5 Å². The molecule has 0 saturated heterocycles. The molecule has 17 heavy (non-hydrogen) atoms. The molecule has 0 aliphatic carbocycles. The van der Waals surface area contributed by atoms with Gasteiger partial charge >= 0.3 is 5.69 Å². The van der Waals surface area contributed by atoms with Crippen LogP contribution in [-0.4, -0.2) is 38.5 Å². The molecule has 0 aromatic carbocycles. The molecule has 0 fully saturated rings. The Hall–Kier alpha value is -2.51. The maximum atomic E-state index is 11.1. The van der Waals surface area contributed by atoms with Crippen molar-refractivity contribution in [2.75, 3.05) is 19.0 Å². The van der Waals surface area contributed by atoms with Gasteiger partial charge in [-0.1, -0.05) is 0 Å². The average Bonchev–Trinajstić information content (AvgIpc) is 2.81. The van der Waals surface area contributed by atoms with Gasteiger partial charge in [-0.3, -0.25) is 14.7 Å². The van der Waals surface area contributed by atoms with E-state index in [0.29, 0.717) is 0 Å². The molecule has 0 N–H and O–H groups in total. The first-order valence-corrected chi connectivity index (χ1v) is 4.76. The average molecular weight is 234 g/mol. The number of hydrogen-bond donors (Lipinski definition) is 0. The molecule has 8 nitrogen and oxygen atoms in total. The van der Waals surface area contributed by atoms with Crippen molar-refractivity contribution in [2.45, 2.75) is 0 Å². The summed E-state index contributed by atoms with van der Waals surface area (Å²) in [4.78, 5) is 23.9. The summed E-state index contributed by atoms with van der Waals surface area (Å²) in [6.07, 6.45) is 5.86. The Morgan fingerprint density at radius 2 is 2.18 bits per heavy atom. The van der Waals surface area contributed by atoms with Crippen LogP contribution in [0.4, 0.5) is 11.5 Å². The van der Waals surface area contributed by atoms with Crippen LogP contribution in [0, 0.1) is 10.1 Å². The van der Waals surface area contributed by atoms with Crippen molar-refractivity contribution in [3.8, 4) is 5.82 Å². The Labute approximate surface area is 96.7 Å². The van der Waals surface area contributed by atoms with Gasteiger partial charge in [0.25, 0.3) is 0 Å². The second-order valence-electron chi connectivity index (χ2n) is 3.49. The third kappa shape index (κ3) is 1.92. The van der Waals surface area contributed by atoms with Gasteiger partial charge in [-0.25, -0.2) is 15.0 Å². The van der Waals surface area contributed by atoms with Gasteiger partial charge in [-0.2, -0.15) is 0 Å². The number of imidazole rings is 1. The minimum Gasteiger partial charge on any atom is -0.357 e. The first-order chi connectivity index (χ1) is 8.11. The molecule has 0 saturated carbocycles. The molecule has 2 aromatic rings. The predicted molar refractivity (Wildman–Crippen MR) is 60.1 cm³/mol. The van der Waals surface area contributed by atoms with Gasteiger partial charge in [0, 0.05) is 26.5 Å². The van der Waals surface area contributed by atoms with Crippen molar-refractivity contribution in [3.05, 3.63) is 35.2 Å². The SMILES string of the molecule is CN(C)c1ncnc(-n2ccnc2)c1[N+](=O)[O-]. The van der Waals surface area contributed by atoms with Crippen LogP contribution in [-0.2, 0) is 0 Å². The predicted octanol–water partition coefficient (Wildman–Crippen LogP) is 0.636. The van der Waals surface area contributed by atoms with Crippen molar-refractivity contribution < 1.29 is 4.92 Å². The lowest BCUT2D eigenvalue weighted by Gasteiger charge is -2.12. The quantitative estimate of drug-likeness (QED) is 0.571. The summed E-state index contributed by atoms with van der Waals surface area (Å²) in [5.41, 5.74) is -0.143. The minimum absolute atomic E-state index is 0.143. The van der Waals surface area contributed by atoms with E-state index in [-0.39, 0.29) is 17.3 Å². The first-order valence-electron chi connectivity index (χ1n) is 4.76. The van der Waals surface area contributed by atoms with Gasteiger partial charge in [0.15, 0.2) is 0 Å². The lowest BCUT2D eigenvalue weighted by molar-refractivity contribution is -0.384. The van der Waals surface area contributed by atoms with Crippen LogP contribution < -0.4 is 4.90 Å². The Morgan fingerprint density at radius 3 is 2.71 bits per heavy atom. The topological polar surface area (TPSA) is 90.0 Å². The second kappa shape index (κ2) is 4.16. The minimum atomic E-state index is -0.495. The normalized spacial score (nSPS) is 10.2. The zero-order valence-corrected chi connectivity index (χ0v) is 9.31. The molecule has 0 spiro atoms. The Balaban J connectivity index is 2.68. The lowest BCUT2D eigenvalue weighted by atomic mass is 10.4. The molecular formula is C9H10N6O2. The molecule has 0 amide bonds. The Kier molecular flexibility index (Phi) is 2.69. The Bertz CT molecular complexity index is 536. The molecule has 0 atom stereocenters. The number of rotatable bonds is 3. The molecule has 8 heteroatoms. The molecule has 0 aliphatic heterocycles. The van der Waals surface area contributed by atoms with E-state index < -0.39 is 4.92 Å². The van der Waals surface area contributed by atoms with Crippen LogP contribution in [0.3, 0.4) is 0 Å². The third-order valence-electron chi connectivity index (χ3n) is 2.14. The van der Waals surface area contributed by atoms with E-state index in [1.165, 1.54) is 23.4 Å². The summed E-state index contributed by atoms with van der Waals surface area (Å²) in [5.74, 6) is 0.458. The third-order valence-corrected chi connectivity index (χ3v) is 2.14. The maximum absolute atomic E-state index is 11.1. The second-order valence-corrected chi connectivity index (χ2v) is 3.49.